The summed E-state index contributed by atoms with van der Waals surface area (Å²) < 4.78 is 13.6. The van der Waals surface area contributed by atoms with Crippen LogP contribution in [0.1, 0.15) is 23.2 Å². The van der Waals surface area contributed by atoms with Crippen molar-refractivity contribution in [1.29, 1.82) is 0 Å². The number of nitrogens with one attached hydrogen (secondary N) is 2. The minimum atomic E-state index is -1.29. The largest absolute Gasteiger partial charge is 0.478 e. The van der Waals surface area contributed by atoms with Gasteiger partial charge in [0.05, 0.1) is 11.3 Å². The molecule has 0 saturated heterocycles. The minimum absolute atomic E-state index is 0.278. The molecule has 114 valence electrons. The number of amides is 2. The van der Waals surface area contributed by atoms with Gasteiger partial charge in [0.15, 0.2) is 0 Å². The van der Waals surface area contributed by atoms with Crippen LogP contribution in [0.15, 0.2) is 18.2 Å². The van der Waals surface area contributed by atoms with E-state index in [0.29, 0.717) is 19.1 Å². The normalized spacial score (nSPS) is 14.0. The summed E-state index contributed by atoms with van der Waals surface area (Å²) in [5, 5.41) is 13.8. The van der Waals surface area contributed by atoms with Crippen molar-refractivity contribution in [3.05, 3.63) is 29.6 Å². The highest BCUT2D eigenvalue weighted by atomic mass is 19.1. The van der Waals surface area contributed by atoms with Crippen LogP contribution in [0.2, 0.25) is 0 Å². The van der Waals surface area contributed by atoms with Crippen molar-refractivity contribution in [2.45, 2.75) is 18.9 Å². The van der Waals surface area contributed by atoms with Gasteiger partial charge in [-0.2, -0.15) is 0 Å². The number of urea groups is 1. The first-order valence-corrected chi connectivity index (χ1v) is 6.76. The Morgan fingerprint density at radius 3 is 2.76 bits per heavy atom. The average molecular weight is 295 g/mol. The highest BCUT2D eigenvalue weighted by Crippen LogP contribution is 2.24. The SMILES string of the molecule is CN(CCNC(=O)Nc1c(F)cccc1C(=O)O)C1CC1. The molecular formula is C14H18FN3O3. The van der Waals surface area contributed by atoms with Gasteiger partial charge in [0.25, 0.3) is 0 Å². The number of halogens is 1. The lowest BCUT2D eigenvalue weighted by atomic mass is 10.1. The number of carbonyl (C=O) groups is 2. The molecule has 21 heavy (non-hydrogen) atoms. The van der Waals surface area contributed by atoms with E-state index in [9.17, 15) is 14.0 Å². The number of carboxylic acids is 1. The molecule has 0 aromatic heterocycles. The zero-order valence-electron chi connectivity index (χ0n) is 11.7. The van der Waals surface area contributed by atoms with Gasteiger partial charge in [0, 0.05) is 19.1 Å². The van der Waals surface area contributed by atoms with Crippen LogP contribution in [0, 0.1) is 5.82 Å². The summed E-state index contributed by atoms with van der Waals surface area (Å²) in [4.78, 5) is 24.8. The Labute approximate surface area is 121 Å². The molecule has 1 saturated carbocycles. The van der Waals surface area contributed by atoms with Gasteiger partial charge in [0.2, 0.25) is 0 Å². The first-order valence-electron chi connectivity index (χ1n) is 6.76. The number of likely N-dealkylation sites (N-methyl/N-ethyl adjacent to an activating group) is 1. The summed E-state index contributed by atoms with van der Waals surface area (Å²) in [7, 11) is 1.98. The van der Waals surface area contributed by atoms with Gasteiger partial charge < -0.3 is 20.6 Å². The van der Waals surface area contributed by atoms with Crippen molar-refractivity contribution in [3.63, 3.8) is 0 Å². The zero-order valence-corrected chi connectivity index (χ0v) is 11.7. The van der Waals surface area contributed by atoms with E-state index in [4.69, 9.17) is 5.11 Å². The Balaban J connectivity index is 1.88. The first-order chi connectivity index (χ1) is 9.99. The van der Waals surface area contributed by atoms with Crippen molar-refractivity contribution < 1.29 is 19.1 Å². The van der Waals surface area contributed by atoms with Crippen LogP contribution in [0.25, 0.3) is 0 Å². The smallest absolute Gasteiger partial charge is 0.337 e. The summed E-state index contributed by atoms with van der Waals surface area (Å²) in [6.07, 6.45) is 2.36. The van der Waals surface area contributed by atoms with E-state index in [2.05, 4.69) is 15.5 Å². The molecule has 0 heterocycles. The molecular weight excluding hydrogens is 277 g/mol. The number of hydrogen-bond donors (Lipinski definition) is 3. The predicted octanol–water partition coefficient (Wildman–Crippen LogP) is 1.74. The van der Waals surface area contributed by atoms with Crippen LogP contribution in [-0.2, 0) is 0 Å². The van der Waals surface area contributed by atoms with Crippen molar-refractivity contribution in [3.8, 4) is 0 Å². The second-order valence-electron chi connectivity index (χ2n) is 5.06. The highest BCUT2D eigenvalue weighted by Gasteiger charge is 2.25. The van der Waals surface area contributed by atoms with Gasteiger partial charge in [-0.25, -0.2) is 14.0 Å². The molecule has 1 aliphatic carbocycles. The maximum atomic E-state index is 13.6. The first kappa shape index (κ1) is 15.2. The highest BCUT2D eigenvalue weighted by molar-refractivity contribution is 6.00. The summed E-state index contributed by atoms with van der Waals surface area (Å²) in [6, 6.07) is 3.60. The van der Waals surface area contributed by atoms with E-state index < -0.39 is 17.8 Å². The van der Waals surface area contributed by atoms with Crippen LogP contribution in [0.4, 0.5) is 14.9 Å². The van der Waals surface area contributed by atoms with Crippen LogP contribution >= 0.6 is 0 Å². The van der Waals surface area contributed by atoms with Crippen molar-refractivity contribution in [2.75, 3.05) is 25.5 Å². The molecule has 7 heteroatoms. The molecule has 2 rings (SSSR count). The fourth-order valence-electron chi connectivity index (χ4n) is 2.03. The van der Waals surface area contributed by atoms with E-state index in [1.54, 1.807) is 0 Å². The van der Waals surface area contributed by atoms with E-state index in [0.717, 1.165) is 6.07 Å². The third-order valence-corrected chi connectivity index (χ3v) is 3.40. The van der Waals surface area contributed by atoms with Crippen molar-refractivity contribution in [1.82, 2.24) is 10.2 Å². The van der Waals surface area contributed by atoms with Gasteiger partial charge in [-0.1, -0.05) is 6.07 Å². The fraction of sp³-hybridized carbons (Fsp3) is 0.429. The molecule has 1 aromatic rings. The Kier molecular flexibility index (Phi) is 4.74. The molecule has 3 N–H and O–H groups in total. The predicted molar refractivity (Wildman–Crippen MR) is 76.0 cm³/mol. The molecule has 0 bridgehead atoms. The second kappa shape index (κ2) is 6.53. The quantitative estimate of drug-likeness (QED) is 0.746. The average Bonchev–Trinajstić information content (AvgIpc) is 3.25. The molecule has 2 amide bonds. The number of anilines is 1. The van der Waals surface area contributed by atoms with E-state index in [1.165, 1.54) is 25.0 Å². The monoisotopic (exact) mass is 295 g/mol. The van der Waals surface area contributed by atoms with Crippen LogP contribution in [0.3, 0.4) is 0 Å². The number of aromatic carboxylic acids is 1. The third-order valence-electron chi connectivity index (χ3n) is 3.40. The molecule has 0 spiro atoms. The number of carboxylic acid groups (broad SMARTS) is 1. The lowest BCUT2D eigenvalue weighted by molar-refractivity contribution is 0.0697. The Hall–Kier alpha value is -2.15. The molecule has 1 aromatic carbocycles. The van der Waals surface area contributed by atoms with Gasteiger partial charge >= 0.3 is 12.0 Å². The summed E-state index contributed by atoms with van der Waals surface area (Å²) >= 11 is 0. The molecule has 0 aliphatic heterocycles. The fourth-order valence-corrected chi connectivity index (χ4v) is 2.03. The van der Waals surface area contributed by atoms with Gasteiger partial charge in [-0.15, -0.1) is 0 Å². The number of benzene rings is 1. The number of para-hydroxylation sites is 1. The van der Waals surface area contributed by atoms with Crippen LogP contribution < -0.4 is 10.6 Å². The second-order valence-corrected chi connectivity index (χ2v) is 5.06. The Morgan fingerprint density at radius 2 is 2.14 bits per heavy atom. The zero-order chi connectivity index (χ0) is 15.4. The summed E-state index contributed by atoms with van der Waals surface area (Å²) in [5.41, 5.74) is -0.599. The lowest BCUT2D eigenvalue weighted by Crippen LogP contribution is -2.36. The Bertz CT molecular complexity index is 546. The van der Waals surface area contributed by atoms with E-state index in [-0.39, 0.29) is 11.3 Å². The van der Waals surface area contributed by atoms with Gasteiger partial charge in [-0.3, -0.25) is 0 Å². The molecule has 0 unspecified atom stereocenters. The van der Waals surface area contributed by atoms with E-state index >= 15 is 0 Å². The summed E-state index contributed by atoms with van der Waals surface area (Å²) in [5.74, 6) is -2.07. The van der Waals surface area contributed by atoms with Crippen LogP contribution in [0.5, 0.6) is 0 Å². The number of hydrogen-bond acceptors (Lipinski definition) is 3. The lowest BCUT2D eigenvalue weighted by Gasteiger charge is -2.16. The number of carbonyl (C=O) groups excluding carboxylic acids is 1. The number of rotatable bonds is 6. The van der Waals surface area contributed by atoms with Crippen molar-refractivity contribution in [2.24, 2.45) is 0 Å². The molecule has 6 nitrogen and oxygen atoms in total. The minimum Gasteiger partial charge on any atom is -0.478 e. The maximum Gasteiger partial charge on any atom is 0.337 e. The topological polar surface area (TPSA) is 81.7 Å². The van der Waals surface area contributed by atoms with Crippen LogP contribution in [-0.4, -0.2) is 48.2 Å². The van der Waals surface area contributed by atoms with E-state index in [1.807, 2.05) is 7.05 Å². The molecule has 0 atom stereocenters. The molecule has 1 fully saturated rings. The Morgan fingerprint density at radius 1 is 1.43 bits per heavy atom. The number of nitrogens with zero attached hydrogens (tertiary/aromatic N) is 1. The van der Waals surface area contributed by atoms with Gasteiger partial charge in [0.1, 0.15) is 5.82 Å². The standard InChI is InChI=1S/C14H18FN3O3/c1-18(9-5-6-9)8-7-16-14(21)17-12-10(13(19)20)3-2-4-11(12)15/h2-4,9H,5-8H2,1H3,(H,19,20)(H2,16,17,21). The maximum absolute atomic E-state index is 13.6. The molecule has 1 aliphatic rings. The third kappa shape index (κ3) is 4.16. The molecule has 0 radical (unpaired) electrons. The van der Waals surface area contributed by atoms with Gasteiger partial charge in [-0.05, 0) is 32.0 Å². The summed E-state index contributed by atoms with van der Waals surface area (Å²) in [6.45, 7) is 1.11. The van der Waals surface area contributed by atoms with Crippen molar-refractivity contribution >= 4 is 17.7 Å².